The van der Waals surface area contributed by atoms with Gasteiger partial charge in [-0.2, -0.15) is 5.10 Å². The smallest absolute Gasteiger partial charge is 0.196 e. The zero-order chi connectivity index (χ0) is 12.6. The second kappa shape index (κ2) is 4.17. The van der Waals surface area contributed by atoms with Gasteiger partial charge in [-0.05, 0) is 38.0 Å². The number of aromatic nitrogens is 2. The number of carbonyl (C=O) groups is 1. The van der Waals surface area contributed by atoms with Gasteiger partial charge in [0, 0.05) is 18.8 Å². The highest BCUT2D eigenvalue weighted by molar-refractivity contribution is 6.09. The standard InChI is InChI=1S/C14H16N2O/c1-9-5-6-12(7-10(9)2)14(17)13-8-16(4)15-11(13)3/h5-8H,1-4H3. The molecular formula is C14H16N2O. The van der Waals surface area contributed by atoms with Crippen molar-refractivity contribution in [3.8, 4) is 0 Å². The van der Waals surface area contributed by atoms with Crippen molar-refractivity contribution in [3.63, 3.8) is 0 Å². The first-order valence-corrected chi connectivity index (χ1v) is 5.61. The van der Waals surface area contributed by atoms with E-state index in [-0.39, 0.29) is 5.78 Å². The van der Waals surface area contributed by atoms with E-state index in [9.17, 15) is 4.79 Å². The summed E-state index contributed by atoms with van der Waals surface area (Å²) in [5.41, 5.74) is 4.51. The van der Waals surface area contributed by atoms with E-state index in [1.165, 1.54) is 5.56 Å². The van der Waals surface area contributed by atoms with Gasteiger partial charge < -0.3 is 0 Å². The SMILES string of the molecule is Cc1ccc(C(=O)c2cn(C)nc2C)cc1C. The third-order valence-electron chi connectivity index (χ3n) is 3.03. The molecular weight excluding hydrogens is 212 g/mol. The number of rotatable bonds is 2. The summed E-state index contributed by atoms with van der Waals surface area (Å²) in [6.07, 6.45) is 1.77. The van der Waals surface area contributed by atoms with Gasteiger partial charge in [-0.25, -0.2) is 0 Å². The number of hydrogen-bond donors (Lipinski definition) is 0. The fourth-order valence-corrected chi connectivity index (χ4v) is 1.86. The molecule has 1 aromatic heterocycles. The number of aryl methyl sites for hydroxylation is 4. The van der Waals surface area contributed by atoms with Crippen LogP contribution in [0.25, 0.3) is 0 Å². The van der Waals surface area contributed by atoms with Gasteiger partial charge in [-0.3, -0.25) is 9.48 Å². The van der Waals surface area contributed by atoms with Crippen LogP contribution >= 0.6 is 0 Å². The Bertz CT molecular complexity index is 582. The van der Waals surface area contributed by atoms with Gasteiger partial charge in [0.05, 0.1) is 11.3 Å². The lowest BCUT2D eigenvalue weighted by Gasteiger charge is -2.03. The average Bonchev–Trinajstić information content (AvgIpc) is 2.61. The van der Waals surface area contributed by atoms with E-state index in [4.69, 9.17) is 0 Å². The maximum absolute atomic E-state index is 12.3. The molecule has 0 saturated heterocycles. The number of ketones is 1. The first-order valence-electron chi connectivity index (χ1n) is 5.61. The Hall–Kier alpha value is -1.90. The van der Waals surface area contributed by atoms with E-state index in [2.05, 4.69) is 5.10 Å². The molecule has 0 aliphatic carbocycles. The summed E-state index contributed by atoms with van der Waals surface area (Å²) in [5.74, 6) is 0.0405. The van der Waals surface area contributed by atoms with Crippen LogP contribution < -0.4 is 0 Å². The van der Waals surface area contributed by atoms with Crippen molar-refractivity contribution in [1.82, 2.24) is 9.78 Å². The molecule has 0 amide bonds. The molecule has 17 heavy (non-hydrogen) atoms. The fourth-order valence-electron chi connectivity index (χ4n) is 1.86. The molecule has 0 unspecified atom stereocenters. The molecule has 3 nitrogen and oxygen atoms in total. The van der Waals surface area contributed by atoms with Crippen LogP contribution in [0.1, 0.15) is 32.7 Å². The number of carbonyl (C=O) groups excluding carboxylic acids is 1. The van der Waals surface area contributed by atoms with Crippen LogP contribution in [0.5, 0.6) is 0 Å². The fraction of sp³-hybridized carbons (Fsp3) is 0.286. The normalized spacial score (nSPS) is 10.6. The summed E-state index contributed by atoms with van der Waals surface area (Å²) in [5, 5.41) is 4.19. The summed E-state index contributed by atoms with van der Waals surface area (Å²) in [6.45, 7) is 5.91. The lowest BCUT2D eigenvalue weighted by atomic mass is 10.00. The molecule has 1 heterocycles. The van der Waals surface area contributed by atoms with Crippen molar-refractivity contribution in [3.05, 3.63) is 52.3 Å². The van der Waals surface area contributed by atoms with Crippen molar-refractivity contribution >= 4 is 5.78 Å². The van der Waals surface area contributed by atoms with E-state index >= 15 is 0 Å². The first-order chi connectivity index (χ1) is 7.99. The Morgan fingerprint density at radius 2 is 1.88 bits per heavy atom. The summed E-state index contributed by atoms with van der Waals surface area (Å²) in [6, 6.07) is 5.79. The third kappa shape index (κ3) is 2.13. The number of benzene rings is 1. The average molecular weight is 228 g/mol. The molecule has 0 spiro atoms. The highest BCUT2D eigenvalue weighted by Gasteiger charge is 2.14. The van der Waals surface area contributed by atoms with Crippen LogP contribution in [0.3, 0.4) is 0 Å². The monoisotopic (exact) mass is 228 g/mol. The second-order valence-electron chi connectivity index (χ2n) is 4.43. The maximum atomic E-state index is 12.3. The van der Waals surface area contributed by atoms with E-state index in [0.717, 1.165) is 16.8 Å². The molecule has 1 aromatic carbocycles. The van der Waals surface area contributed by atoms with E-state index in [0.29, 0.717) is 5.56 Å². The van der Waals surface area contributed by atoms with E-state index in [1.807, 2.05) is 46.0 Å². The van der Waals surface area contributed by atoms with Crippen molar-refractivity contribution < 1.29 is 4.79 Å². The Morgan fingerprint density at radius 1 is 1.18 bits per heavy atom. The van der Waals surface area contributed by atoms with Crippen LogP contribution in [-0.2, 0) is 7.05 Å². The Labute approximate surface area is 101 Å². The Kier molecular flexibility index (Phi) is 2.84. The molecule has 0 saturated carbocycles. The molecule has 0 bridgehead atoms. The van der Waals surface area contributed by atoms with Crippen LogP contribution in [0.15, 0.2) is 24.4 Å². The molecule has 0 radical (unpaired) electrons. The largest absolute Gasteiger partial charge is 0.288 e. The number of hydrogen-bond acceptors (Lipinski definition) is 2. The zero-order valence-corrected chi connectivity index (χ0v) is 10.6. The van der Waals surface area contributed by atoms with E-state index in [1.54, 1.807) is 10.9 Å². The number of nitrogens with zero attached hydrogens (tertiary/aromatic N) is 2. The minimum Gasteiger partial charge on any atom is -0.288 e. The van der Waals surface area contributed by atoms with Crippen LogP contribution in [0, 0.1) is 20.8 Å². The van der Waals surface area contributed by atoms with Gasteiger partial charge in [0.15, 0.2) is 5.78 Å². The molecule has 0 aliphatic rings. The summed E-state index contributed by atoms with van der Waals surface area (Å²) >= 11 is 0. The van der Waals surface area contributed by atoms with Crippen molar-refractivity contribution in [2.45, 2.75) is 20.8 Å². The van der Waals surface area contributed by atoms with Gasteiger partial charge in [0.1, 0.15) is 0 Å². The van der Waals surface area contributed by atoms with E-state index < -0.39 is 0 Å². The van der Waals surface area contributed by atoms with Gasteiger partial charge in [0.2, 0.25) is 0 Å². The summed E-state index contributed by atoms with van der Waals surface area (Å²) < 4.78 is 1.67. The molecule has 3 heteroatoms. The van der Waals surface area contributed by atoms with Crippen molar-refractivity contribution in [1.29, 1.82) is 0 Å². The van der Waals surface area contributed by atoms with Gasteiger partial charge in [0.25, 0.3) is 0 Å². The van der Waals surface area contributed by atoms with Crippen LogP contribution in [0.4, 0.5) is 0 Å². The minimum absolute atomic E-state index is 0.0405. The second-order valence-corrected chi connectivity index (χ2v) is 4.43. The molecule has 0 aliphatic heterocycles. The topological polar surface area (TPSA) is 34.9 Å². The van der Waals surface area contributed by atoms with Crippen LogP contribution in [-0.4, -0.2) is 15.6 Å². The predicted molar refractivity (Wildman–Crippen MR) is 67.3 cm³/mol. The lowest BCUT2D eigenvalue weighted by molar-refractivity contribution is 0.103. The molecule has 0 atom stereocenters. The van der Waals surface area contributed by atoms with Gasteiger partial charge >= 0.3 is 0 Å². The summed E-state index contributed by atoms with van der Waals surface area (Å²) in [4.78, 5) is 12.3. The first kappa shape index (κ1) is 11.6. The molecule has 88 valence electrons. The van der Waals surface area contributed by atoms with Crippen molar-refractivity contribution in [2.24, 2.45) is 7.05 Å². The highest BCUT2D eigenvalue weighted by atomic mass is 16.1. The minimum atomic E-state index is 0.0405. The maximum Gasteiger partial charge on any atom is 0.196 e. The van der Waals surface area contributed by atoms with Crippen molar-refractivity contribution in [2.75, 3.05) is 0 Å². The zero-order valence-electron chi connectivity index (χ0n) is 10.6. The lowest BCUT2D eigenvalue weighted by Crippen LogP contribution is -2.02. The molecule has 0 N–H and O–H groups in total. The summed E-state index contributed by atoms with van der Waals surface area (Å²) in [7, 11) is 1.82. The highest BCUT2D eigenvalue weighted by Crippen LogP contribution is 2.16. The quantitative estimate of drug-likeness (QED) is 0.740. The third-order valence-corrected chi connectivity index (χ3v) is 3.03. The predicted octanol–water partition coefficient (Wildman–Crippen LogP) is 2.58. The van der Waals surface area contributed by atoms with Gasteiger partial charge in [-0.15, -0.1) is 0 Å². The molecule has 0 fully saturated rings. The Morgan fingerprint density at radius 3 is 2.41 bits per heavy atom. The Balaban J connectivity index is 2.44. The van der Waals surface area contributed by atoms with Gasteiger partial charge in [-0.1, -0.05) is 12.1 Å². The molecule has 2 aromatic rings. The van der Waals surface area contributed by atoms with Crippen LogP contribution in [0.2, 0.25) is 0 Å². The molecule has 2 rings (SSSR count).